The second-order valence-electron chi connectivity index (χ2n) is 6.83. The van der Waals surface area contributed by atoms with Crippen LogP contribution in [0.25, 0.3) is 11.5 Å². The third-order valence-corrected chi connectivity index (χ3v) is 4.32. The molecule has 0 saturated carbocycles. The number of carbonyl (C=O) groups is 1. The molecule has 0 spiro atoms. The molecule has 0 fully saturated rings. The van der Waals surface area contributed by atoms with Crippen LogP contribution in [0.5, 0.6) is 0 Å². The van der Waals surface area contributed by atoms with Gasteiger partial charge in [0.15, 0.2) is 23.4 Å². The van der Waals surface area contributed by atoms with E-state index in [1.807, 2.05) is 38.1 Å². The normalized spacial score (nSPS) is 11.3. The molecule has 32 heavy (non-hydrogen) atoms. The smallest absolute Gasteiger partial charge is 0.243 e. The lowest BCUT2D eigenvalue weighted by molar-refractivity contribution is -0.115. The highest BCUT2D eigenvalue weighted by Crippen LogP contribution is 2.20. The largest absolute Gasteiger partial charge is 0.444 e. The number of aliphatic imine (C=N–C) groups is 1. The molecule has 1 aromatic heterocycles. The highest BCUT2D eigenvalue weighted by atomic mass is 19.2. The lowest BCUT2D eigenvalue weighted by Gasteiger charge is -2.11. The van der Waals surface area contributed by atoms with Crippen molar-refractivity contribution in [1.29, 1.82) is 0 Å². The van der Waals surface area contributed by atoms with E-state index in [9.17, 15) is 18.0 Å². The number of anilines is 1. The molecule has 0 saturated heterocycles. The average Bonchev–Trinajstić information content (AvgIpc) is 3.25. The second kappa shape index (κ2) is 10.5. The number of amides is 1. The Kier molecular flexibility index (Phi) is 7.48. The highest BCUT2D eigenvalue weighted by Gasteiger charge is 2.15. The zero-order valence-electron chi connectivity index (χ0n) is 17.5. The molecule has 0 aliphatic heterocycles. The number of nitrogens with zero attached hydrogens (tertiary/aromatic N) is 2. The Balaban J connectivity index is 1.59. The molecule has 0 bridgehead atoms. The van der Waals surface area contributed by atoms with Crippen LogP contribution in [0.2, 0.25) is 0 Å². The van der Waals surface area contributed by atoms with Gasteiger partial charge in [-0.1, -0.05) is 17.7 Å². The van der Waals surface area contributed by atoms with E-state index in [0.29, 0.717) is 24.1 Å². The zero-order valence-corrected chi connectivity index (χ0v) is 17.5. The summed E-state index contributed by atoms with van der Waals surface area (Å²) in [6.07, 6.45) is 1.50. The molecule has 10 heteroatoms. The van der Waals surface area contributed by atoms with E-state index in [1.165, 1.54) is 6.26 Å². The maximum Gasteiger partial charge on any atom is 0.243 e. The minimum absolute atomic E-state index is 0.185. The van der Waals surface area contributed by atoms with E-state index in [1.54, 1.807) is 0 Å². The van der Waals surface area contributed by atoms with E-state index in [0.717, 1.165) is 23.3 Å². The van der Waals surface area contributed by atoms with E-state index < -0.39 is 29.0 Å². The van der Waals surface area contributed by atoms with Crippen LogP contribution in [-0.4, -0.2) is 29.9 Å². The van der Waals surface area contributed by atoms with Crippen LogP contribution in [0.3, 0.4) is 0 Å². The van der Waals surface area contributed by atoms with Crippen LogP contribution in [0.15, 0.2) is 52.1 Å². The first-order chi connectivity index (χ1) is 15.4. The van der Waals surface area contributed by atoms with Gasteiger partial charge >= 0.3 is 0 Å². The Morgan fingerprint density at radius 2 is 1.81 bits per heavy atom. The number of oxazole rings is 1. The fourth-order valence-corrected chi connectivity index (χ4v) is 2.69. The molecule has 0 radical (unpaired) electrons. The molecule has 1 heterocycles. The Labute approximate surface area is 182 Å². The van der Waals surface area contributed by atoms with Crippen LogP contribution in [0, 0.1) is 24.4 Å². The summed E-state index contributed by atoms with van der Waals surface area (Å²) in [5, 5.41) is 7.92. The first-order valence-electron chi connectivity index (χ1n) is 9.84. The lowest BCUT2D eigenvalue weighted by Crippen LogP contribution is -2.41. The topological polar surface area (TPSA) is 91.6 Å². The summed E-state index contributed by atoms with van der Waals surface area (Å²) < 4.78 is 45.5. The molecule has 168 valence electrons. The summed E-state index contributed by atoms with van der Waals surface area (Å²) >= 11 is 0. The summed E-state index contributed by atoms with van der Waals surface area (Å²) in [7, 11) is 0. The van der Waals surface area contributed by atoms with Gasteiger partial charge in [0.25, 0.3) is 0 Å². The van der Waals surface area contributed by atoms with Gasteiger partial charge in [0.2, 0.25) is 11.8 Å². The summed E-state index contributed by atoms with van der Waals surface area (Å²) in [5.74, 6) is -4.32. The van der Waals surface area contributed by atoms with Gasteiger partial charge in [-0.3, -0.25) is 4.79 Å². The molecule has 3 aromatic rings. The third-order valence-electron chi connectivity index (χ3n) is 4.32. The molecule has 0 aliphatic rings. The minimum atomic E-state index is -1.65. The van der Waals surface area contributed by atoms with E-state index in [-0.39, 0.29) is 13.1 Å². The van der Waals surface area contributed by atoms with Gasteiger partial charge in [0, 0.05) is 12.1 Å². The van der Waals surface area contributed by atoms with E-state index in [4.69, 9.17) is 4.42 Å². The van der Waals surface area contributed by atoms with Gasteiger partial charge in [0.05, 0.1) is 18.8 Å². The molecule has 7 nitrogen and oxygen atoms in total. The Bertz CT molecular complexity index is 1110. The number of carbonyl (C=O) groups excluding carboxylic acids is 1. The monoisotopic (exact) mass is 445 g/mol. The number of nitrogens with one attached hydrogen (secondary N) is 3. The molecule has 3 rings (SSSR count). The maximum absolute atomic E-state index is 13.7. The third kappa shape index (κ3) is 5.87. The minimum Gasteiger partial charge on any atom is -0.444 e. The SMILES string of the molecule is CCNC(=NCc1coc(-c2ccc(C)cc2)n1)NCC(=O)Nc1ccc(F)c(F)c1F. The van der Waals surface area contributed by atoms with E-state index >= 15 is 0 Å². The van der Waals surface area contributed by atoms with Crippen molar-refractivity contribution in [2.75, 3.05) is 18.4 Å². The predicted octanol–water partition coefficient (Wildman–Crippen LogP) is 3.76. The number of rotatable bonds is 7. The van der Waals surface area contributed by atoms with Crippen LogP contribution in [0.1, 0.15) is 18.2 Å². The second-order valence-corrected chi connectivity index (χ2v) is 6.83. The highest BCUT2D eigenvalue weighted by molar-refractivity contribution is 5.95. The lowest BCUT2D eigenvalue weighted by atomic mass is 10.1. The molecule has 0 unspecified atom stereocenters. The first kappa shape index (κ1) is 22.9. The molecule has 0 atom stereocenters. The van der Waals surface area contributed by atoms with Crippen molar-refractivity contribution in [1.82, 2.24) is 15.6 Å². The molecule has 0 aliphatic carbocycles. The number of guanidine groups is 1. The van der Waals surface area contributed by atoms with Crippen molar-refractivity contribution < 1.29 is 22.4 Å². The Hall–Kier alpha value is -3.82. The number of hydrogen-bond donors (Lipinski definition) is 3. The summed E-state index contributed by atoms with van der Waals surface area (Å²) in [6.45, 7) is 4.27. The maximum atomic E-state index is 13.7. The van der Waals surface area contributed by atoms with Crippen molar-refractivity contribution in [2.24, 2.45) is 4.99 Å². The summed E-state index contributed by atoms with van der Waals surface area (Å²) in [5.41, 5.74) is 2.11. The number of benzene rings is 2. The van der Waals surface area contributed by atoms with Gasteiger partial charge in [-0.15, -0.1) is 0 Å². The Morgan fingerprint density at radius 3 is 2.53 bits per heavy atom. The summed E-state index contributed by atoms with van der Waals surface area (Å²) in [4.78, 5) is 20.8. The average molecular weight is 445 g/mol. The molecular formula is C22H22F3N5O2. The van der Waals surface area contributed by atoms with Crippen LogP contribution < -0.4 is 16.0 Å². The van der Waals surface area contributed by atoms with Gasteiger partial charge in [-0.25, -0.2) is 23.1 Å². The van der Waals surface area contributed by atoms with E-state index in [2.05, 4.69) is 25.9 Å². The number of halogens is 3. The standard InChI is InChI=1S/C22H22F3N5O2/c1-3-26-22(28-11-18(31)30-17-9-8-16(23)19(24)20(17)25)27-10-15-12-32-21(29-15)14-6-4-13(2)5-7-14/h4-9,12H,3,10-11H2,1-2H3,(H,30,31)(H2,26,27,28). The van der Waals surface area contributed by atoms with Gasteiger partial charge < -0.3 is 20.4 Å². The predicted molar refractivity (Wildman–Crippen MR) is 114 cm³/mol. The molecule has 2 aromatic carbocycles. The van der Waals surface area contributed by atoms with Gasteiger partial charge in [0.1, 0.15) is 12.0 Å². The van der Waals surface area contributed by atoms with Gasteiger partial charge in [-0.2, -0.15) is 0 Å². The fraction of sp³-hybridized carbons (Fsp3) is 0.227. The number of hydrogen-bond acceptors (Lipinski definition) is 4. The molecular weight excluding hydrogens is 423 g/mol. The molecule has 1 amide bonds. The van der Waals surface area contributed by atoms with Crippen LogP contribution >= 0.6 is 0 Å². The van der Waals surface area contributed by atoms with Crippen molar-refractivity contribution in [2.45, 2.75) is 20.4 Å². The Morgan fingerprint density at radius 1 is 1.06 bits per heavy atom. The fourth-order valence-electron chi connectivity index (χ4n) is 2.69. The van der Waals surface area contributed by atoms with Crippen LogP contribution in [-0.2, 0) is 11.3 Å². The number of aryl methyl sites for hydroxylation is 1. The molecule has 3 N–H and O–H groups in total. The first-order valence-corrected chi connectivity index (χ1v) is 9.84. The summed E-state index contributed by atoms with van der Waals surface area (Å²) in [6, 6.07) is 9.42. The zero-order chi connectivity index (χ0) is 23.1. The van der Waals surface area contributed by atoms with Gasteiger partial charge in [-0.05, 0) is 38.1 Å². The number of aromatic nitrogens is 1. The van der Waals surface area contributed by atoms with Crippen molar-refractivity contribution in [3.63, 3.8) is 0 Å². The van der Waals surface area contributed by atoms with Crippen molar-refractivity contribution in [3.05, 3.63) is 71.4 Å². The quantitative estimate of drug-likeness (QED) is 0.293. The van der Waals surface area contributed by atoms with Crippen LogP contribution in [0.4, 0.5) is 18.9 Å². The van der Waals surface area contributed by atoms with Crippen molar-refractivity contribution >= 4 is 17.6 Å². The van der Waals surface area contributed by atoms with Crippen molar-refractivity contribution in [3.8, 4) is 11.5 Å².